The van der Waals surface area contributed by atoms with Crippen LogP contribution in [0.2, 0.25) is 0 Å². The Labute approximate surface area is 533 Å². The average Bonchev–Trinajstić information content (AvgIpc) is 1.66. The van der Waals surface area contributed by atoms with Gasteiger partial charge >= 0.3 is 0 Å². The predicted octanol–water partition coefficient (Wildman–Crippen LogP) is -2.15. The summed E-state index contributed by atoms with van der Waals surface area (Å²) in [5, 5.41) is 130. The van der Waals surface area contributed by atoms with Crippen LogP contribution in [0.4, 0.5) is 0 Å². The molecule has 92 heavy (non-hydrogen) atoms. The van der Waals surface area contributed by atoms with Gasteiger partial charge in [0, 0.05) is 62.1 Å². The number of fused-ring (bicyclic) bond motifs is 2. The summed E-state index contributed by atoms with van der Waals surface area (Å²) in [6.45, 7) is 2.44. The number of carbonyl (C=O) groups is 7. The van der Waals surface area contributed by atoms with Gasteiger partial charge in [-0.1, -0.05) is 60.7 Å². The fourth-order valence-electron chi connectivity index (χ4n) is 11.0. The van der Waals surface area contributed by atoms with Crippen LogP contribution in [-0.4, -0.2) is 237 Å². The molecule has 0 saturated carbocycles. The standard InChI is InChI=1S/C60H82N10O21S/c1-4-5-6-7-20-88-42-15-11-35(12-16-42)37-25-63-70(28-37)39-13-9-36(10-14-39)54(80)64-43-23-40(74)26-62-58(84)52-53(79)32(2)27-69(52)60(86)51(46(77)18-19-61-38(30-71)31-72)67-57(83)50(47(78)21-34-8-17-45(76)48(22-34)89-92-91-90-87)66-56(82)44-24-41(75)29-68(44)59(85)49(33(3)73)65-55(43)81/h8-17,22,25,28,32-33,38,40-41,43-44,46-47,49-53,61,71-79,87H,4-7,18-21,23-24,26-27,29-31H2,1-3H3,(H,62,84)(H,64,80)(H,65,81)(H,66,82)(H,67,83)/t32-,33+,40+,41+,43?,44-,46+,47+,49-,50-,51-,52-,53-/m0/s1. The van der Waals surface area contributed by atoms with E-state index < -0.39 is 184 Å². The molecule has 31 nitrogen and oxygen atoms in total. The summed E-state index contributed by atoms with van der Waals surface area (Å²) in [7, 11) is 0. The van der Waals surface area contributed by atoms with Crippen molar-refractivity contribution in [1.29, 1.82) is 0 Å². The molecule has 4 heterocycles. The van der Waals surface area contributed by atoms with Gasteiger partial charge < -0.3 is 96.6 Å². The lowest BCUT2D eigenvalue weighted by molar-refractivity contribution is -0.433. The topological polar surface area (TPSA) is 455 Å². The summed E-state index contributed by atoms with van der Waals surface area (Å²) in [6.07, 6.45) is -4.87. The van der Waals surface area contributed by atoms with Gasteiger partial charge in [0.05, 0.1) is 74.4 Å². The Morgan fingerprint density at radius 2 is 1.48 bits per heavy atom. The second-order valence-electron chi connectivity index (χ2n) is 23.1. The number of unbranched alkanes of at least 4 members (excludes halogenated alkanes) is 3. The van der Waals surface area contributed by atoms with E-state index in [-0.39, 0.29) is 42.3 Å². The SMILES string of the molecule is CCCCCCOc1ccc(-c2cnn(-c3ccc(C(=O)NC4C[C@@H](O)CNC(=O)[C@@H]5[C@@H](O)[C@@H](C)CN5C(=O)[C@H]([C@H](O)CCNC(CO)CO)NC(=O)[C@H]([C@H](O)Cc5ccc(O)c(OSOOO)c5)NC(=O)[C@@H]5C[C@@H](O)CN5C(=O)[C@H]([C@@H](C)O)NC4=O)cc3)c2)cc1. The van der Waals surface area contributed by atoms with E-state index in [1.54, 1.807) is 29.2 Å². The normalized spacial score (nSPS) is 24.8. The molecule has 0 aliphatic carbocycles. The van der Waals surface area contributed by atoms with E-state index in [4.69, 9.17) is 14.2 Å². The number of phenolic OH excluding ortho intramolecular Hbond substituents is 1. The highest BCUT2D eigenvalue weighted by Gasteiger charge is 2.50. The molecule has 0 bridgehead atoms. The largest absolute Gasteiger partial charge is 0.504 e. The van der Waals surface area contributed by atoms with Crippen LogP contribution in [0.5, 0.6) is 17.2 Å². The van der Waals surface area contributed by atoms with Gasteiger partial charge in [0.2, 0.25) is 35.4 Å². The van der Waals surface area contributed by atoms with Crippen LogP contribution in [0, 0.1) is 5.92 Å². The zero-order valence-electron chi connectivity index (χ0n) is 50.9. The van der Waals surface area contributed by atoms with Crippen LogP contribution >= 0.6 is 12.3 Å². The summed E-state index contributed by atoms with van der Waals surface area (Å²) in [4.78, 5) is 104. The Balaban J connectivity index is 1.19. The van der Waals surface area contributed by atoms with Crippen LogP contribution in [0.25, 0.3) is 16.8 Å². The predicted molar refractivity (Wildman–Crippen MR) is 325 cm³/mol. The Kier molecular flexibility index (Phi) is 26.8. The number of ether oxygens (including phenoxy) is 1. The maximum Gasteiger partial charge on any atom is 0.261 e. The van der Waals surface area contributed by atoms with Gasteiger partial charge in [0.25, 0.3) is 18.2 Å². The molecular formula is C60H82N10O21S. The fourth-order valence-corrected chi connectivity index (χ4v) is 11.2. The molecule has 13 atom stereocenters. The summed E-state index contributed by atoms with van der Waals surface area (Å²) in [6, 6.07) is 4.89. The molecule has 0 spiro atoms. The zero-order valence-corrected chi connectivity index (χ0v) is 51.7. The lowest BCUT2D eigenvalue weighted by atomic mass is 9.98. The van der Waals surface area contributed by atoms with Crippen LogP contribution in [0.1, 0.15) is 81.6 Å². The van der Waals surface area contributed by atoms with Crippen molar-refractivity contribution >= 4 is 53.7 Å². The van der Waals surface area contributed by atoms with Crippen LogP contribution in [0.3, 0.4) is 0 Å². The maximum atomic E-state index is 15.0. The third-order valence-electron chi connectivity index (χ3n) is 16.1. The summed E-state index contributed by atoms with van der Waals surface area (Å²) < 4.78 is 16.8. The number of phenols is 1. The Morgan fingerprint density at radius 3 is 2.16 bits per heavy atom. The molecule has 4 aromatic rings. The minimum Gasteiger partial charge on any atom is -0.504 e. The van der Waals surface area contributed by atoms with Crippen molar-refractivity contribution in [2.24, 2.45) is 5.92 Å². The number of amides is 7. The van der Waals surface area contributed by atoms with E-state index in [0.717, 1.165) is 71.4 Å². The van der Waals surface area contributed by atoms with Gasteiger partial charge in [-0.05, 0) is 86.0 Å². The van der Waals surface area contributed by atoms with Gasteiger partial charge in [-0.3, -0.25) is 33.6 Å². The molecule has 1 unspecified atom stereocenters. The molecule has 16 N–H and O–H groups in total. The van der Waals surface area contributed by atoms with E-state index >= 15 is 0 Å². The first kappa shape index (κ1) is 71.9. The van der Waals surface area contributed by atoms with Gasteiger partial charge in [-0.2, -0.15) is 5.10 Å². The van der Waals surface area contributed by atoms with Gasteiger partial charge in [-0.15, -0.1) is 0 Å². The first-order valence-corrected chi connectivity index (χ1v) is 30.9. The Morgan fingerprint density at radius 1 is 0.783 bits per heavy atom. The number of carbonyl (C=O) groups excluding carboxylic acids is 7. The highest BCUT2D eigenvalue weighted by atomic mass is 32.2. The first-order chi connectivity index (χ1) is 44.0. The molecule has 1 aromatic heterocycles. The number of hydrogen-bond acceptors (Lipinski definition) is 24. The number of β-amino-alcohol motifs (C(OH)–C–C–N with tert-alkyl or cyclic N) is 1. The fraction of sp³-hybridized carbons (Fsp3) is 0.533. The number of rotatable bonds is 25. The third-order valence-corrected chi connectivity index (χ3v) is 16.5. The lowest BCUT2D eigenvalue weighted by Gasteiger charge is -2.34. The van der Waals surface area contributed by atoms with Crippen LogP contribution < -0.4 is 40.8 Å². The van der Waals surface area contributed by atoms with Gasteiger partial charge in [-0.25, -0.2) is 9.94 Å². The molecule has 7 amide bonds. The van der Waals surface area contributed by atoms with E-state index in [1.807, 2.05) is 24.3 Å². The monoisotopic (exact) mass is 1310 g/mol. The molecule has 3 saturated heterocycles. The van der Waals surface area contributed by atoms with Crippen LogP contribution in [-0.2, 0) is 44.6 Å². The molecule has 3 aromatic carbocycles. The van der Waals surface area contributed by atoms with Gasteiger partial charge in [0.15, 0.2) is 11.5 Å². The van der Waals surface area contributed by atoms with Crippen molar-refractivity contribution in [3.05, 3.63) is 90.3 Å². The summed E-state index contributed by atoms with van der Waals surface area (Å²) >= 11 is 0.0665. The van der Waals surface area contributed by atoms with Crippen molar-refractivity contribution in [3.63, 3.8) is 0 Å². The molecule has 3 fully saturated rings. The molecule has 0 radical (unpaired) electrons. The minimum absolute atomic E-state index is 0.0120. The molecule has 3 aliphatic rings. The van der Waals surface area contributed by atoms with E-state index in [1.165, 1.54) is 25.1 Å². The molecule has 7 rings (SSSR count). The van der Waals surface area contributed by atoms with E-state index in [0.29, 0.717) is 12.3 Å². The number of nitrogens with one attached hydrogen (secondary N) is 6. The van der Waals surface area contributed by atoms with E-state index in [9.17, 15) is 79.5 Å². The number of hydrogen-bond donors (Lipinski definition) is 16. The van der Waals surface area contributed by atoms with Crippen molar-refractivity contribution in [2.75, 3.05) is 46.0 Å². The second kappa shape index (κ2) is 34.4. The average molecular weight is 1310 g/mol. The summed E-state index contributed by atoms with van der Waals surface area (Å²) in [5.74, 6) is -8.87. The van der Waals surface area contributed by atoms with E-state index in [2.05, 4.69) is 53.3 Å². The smallest absolute Gasteiger partial charge is 0.261 e. The number of aromatic hydroxyl groups is 1. The van der Waals surface area contributed by atoms with Gasteiger partial charge in [0.1, 0.15) is 42.0 Å². The number of benzene rings is 3. The van der Waals surface area contributed by atoms with Crippen molar-refractivity contribution < 1.29 is 103 Å². The first-order valence-electron chi connectivity index (χ1n) is 30.2. The molecule has 32 heteroatoms. The number of nitrogens with zero attached hydrogens (tertiary/aromatic N) is 4. The third kappa shape index (κ3) is 19.0. The second-order valence-corrected chi connectivity index (χ2v) is 23.5. The quantitative estimate of drug-likeness (QED) is 0.0146. The van der Waals surface area contributed by atoms with Crippen molar-refractivity contribution in [3.8, 4) is 34.1 Å². The molecule has 504 valence electrons. The summed E-state index contributed by atoms with van der Waals surface area (Å²) in [5.41, 5.74) is 2.32. The Hall–Kier alpha value is -7.57. The van der Waals surface area contributed by atoms with Crippen molar-refractivity contribution in [1.82, 2.24) is 51.5 Å². The maximum absolute atomic E-state index is 15.0. The van der Waals surface area contributed by atoms with Crippen LogP contribution in [0.15, 0.2) is 79.1 Å². The highest BCUT2D eigenvalue weighted by molar-refractivity contribution is 7.90. The highest BCUT2D eigenvalue weighted by Crippen LogP contribution is 2.32. The zero-order chi connectivity index (χ0) is 66.8. The Bertz CT molecular complexity index is 3110. The number of aliphatic hydroxyl groups excluding tert-OH is 8. The molecular weight excluding hydrogens is 1230 g/mol. The minimum atomic E-state index is -2.16. The van der Waals surface area contributed by atoms with Crippen molar-refractivity contribution in [2.45, 2.75) is 151 Å². The molecule has 3 aliphatic heterocycles. The number of aromatic nitrogens is 2. The lowest BCUT2D eigenvalue weighted by Crippen LogP contribution is -2.64. The number of aliphatic hydroxyl groups is 8.